The van der Waals surface area contributed by atoms with Gasteiger partial charge < -0.3 is 19.3 Å². The zero-order valence-corrected chi connectivity index (χ0v) is 21.1. The normalized spacial score (nSPS) is 17.6. The molecule has 0 unspecified atom stereocenters. The smallest absolute Gasteiger partial charge is 0.381 e. The molecule has 2 fully saturated rings. The first-order chi connectivity index (χ1) is 17.7. The monoisotopic (exact) mass is 538 g/mol. The van der Waals surface area contributed by atoms with E-state index >= 15 is 0 Å². The molecule has 0 spiro atoms. The van der Waals surface area contributed by atoms with E-state index in [1.54, 1.807) is 6.07 Å². The fourth-order valence-corrected chi connectivity index (χ4v) is 5.07. The molecule has 200 valence electrons. The summed E-state index contributed by atoms with van der Waals surface area (Å²) in [6.45, 7) is 3.00. The van der Waals surface area contributed by atoms with Crippen LogP contribution >= 0.6 is 11.6 Å². The summed E-state index contributed by atoms with van der Waals surface area (Å²) in [5.41, 5.74) is 1.52. The predicted octanol–water partition coefficient (Wildman–Crippen LogP) is 5.57. The van der Waals surface area contributed by atoms with Gasteiger partial charge in [0.1, 0.15) is 0 Å². The third-order valence-electron chi connectivity index (χ3n) is 6.91. The third kappa shape index (κ3) is 7.03. The number of halogens is 4. The number of carbonyl (C=O) groups is 2. The van der Waals surface area contributed by atoms with Crippen LogP contribution in [-0.4, -0.2) is 56.3 Å². The molecule has 2 saturated heterocycles. The van der Waals surface area contributed by atoms with E-state index in [1.165, 1.54) is 12.1 Å². The molecule has 2 heterocycles. The summed E-state index contributed by atoms with van der Waals surface area (Å²) in [5.74, 6) is -1.64. The predicted molar refractivity (Wildman–Crippen MR) is 135 cm³/mol. The molecule has 0 N–H and O–H groups in total. The molecule has 2 aliphatic rings. The Kier molecular flexibility index (Phi) is 9.10. The number of piperidine rings is 1. The van der Waals surface area contributed by atoms with E-state index in [2.05, 4.69) is 4.90 Å². The largest absolute Gasteiger partial charge is 0.471 e. The molecule has 1 amide bonds. The van der Waals surface area contributed by atoms with Crippen LogP contribution in [0.2, 0.25) is 0 Å². The molecule has 0 bridgehead atoms. The molecule has 0 radical (unpaired) electrons. The molecular formula is C27H30ClF3N2O4. The van der Waals surface area contributed by atoms with Crippen molar-refractivity contribution in [3.63, 3.8) is 0 Å². The fraction of sp³-hybridized carbons (Fsp3) is 0.481. The maximum atomic E-state index is 13.6. The Bertz CT molecular complexity index is 1070. The number of carbonyl (C=O) groups excluding carboxylic acids is 2. The third-order valence-corrected chi connectivity index (χ3v) is 7.12. The van der Waals surface area contributed by atoms with E-state index in [1.807, 2.05) is 30.3 Å². The number of alkyl halides is 3. The van der Waals surface area contributed by atoms with Crippen molar-refractivity contribution in [3.05, 3.63) is 59.7 Å². The van der Waals surface area contributed by atoms with Crippen LogP contribution in [0.25, 0.3) is 0 Å². The highest BCUT2D eigenvalue weighted by molar-refractivity contribution is 6.68. The van der Waals surface area contributed by atoms with Crippen LogP contribution in [0.4, 0.5) is 24.5 Å². The summed E-state index contributed by atoms with van der Waals surface area (Å²) >= 11 is 5.75. The lowest BCUT2D eigenvalue weighted by Crippen LogP contribution is -2.50. The Morgan fingerprint density at radius 3 is 2.32 bits per heavy atom. The molecule has 2 aromatic carbocycles. The molecule has 4 rings (SSSR count). The Hall–Kier alpha value is -2.62. The van der Waals surface area contributed by atoms with Crippen molar-refractivity contribution >= 4 is 34.1 Å². The van der Waals surface area contributed by atoms with Gasteiger partial charge in [-0.1, -0.05) is 30.3 Å². The van der Waals surface area contributed by atoms with E-state index in [-0.39, 0.29) is 37.3 Å². The summed E-state index contributed by atoms with van der Waals surface area (Å²) in [4.78, 5) is 27.5. The van der Waals surface area contributed by atoms with Gasteiger partial charge in [-0.3, -0.25) is 9.59 Å². The molecule has 2 aromatic rings. The summed E-state index contributed by atoms with van der Waals surface area (Å²) < 4.78 is 52.0. The van der Waals surface area contributed by atoms with Crippen molar-refractivity contribution in [2.75, 3.05) is 42.7 Å². The molecule has 2 aliphatic heterocycles. The lowest BCUT2D eigenvalue weighted by molar-refractivity contribution is -0.171. The first kappa shape index (κ1) is 27.4. The van der Waals surface area contributed by atoms with Crippen molar-refractivity contribution in [1.29, 1.82) is 0 Å². The lowest BCUT2D eigenvalue weighted by Gasteiger charge is -2.37. The van der Waals surface area contributed by atoms with Crippen LogP contribution in [0.15, 0.2) is 48.5 Å². The summed E-state index contributed by atoms with van der Waals surface area (Å²) in [6, 6.07) is 13.8. The molecule has 37 heavy (non-hydrogen) atoms. The van der Waals surface area contributed by atoms with Gasteiger partial charge in [0.05, 0.1) is 17.9 Å². The summed E-state index contributed by atoms with van der Waals surface area (Å²) in [7, 11) is 0. The SMILES string of the molecule is O=C(Cl)c1ccc(N2CCC(COCc3ccccc3)CC2)cc1N(C(=O)C(F)(F)F)C1CCOCC1. The lowest BCUT2D eigenvalue weighted by atomic mass is 9.97. The Labute approximate surface area is 219 Å². The molecular weight excluding hydrogens is 509 g/mol. The second-order valence-electron chi connectivity index (χ2n) is 9.42. The number of rotatable bonds is 8. The standard InChI is InChI=1S/C27H30ClF3N2O4/c28-25(34)23-7-6-22(16-24(23)33(26(35)27(29,30)31)21-10-14-36-15-11-21)32-12-8-20(9-13-32)18-37-17-19-4-2-1-3-5-19/h1-7,16,20-21H,8-15,17-18H2. The highest BCUT2D eigenvalue weighted by Crippen LogP contribution is 2.36. The molecule has 6 nitrogen and oxygen atoms in total. The van der Waals surface area contributed by atoms with E-state index in [4.69, 9.17) is 21.1 Å². The van der Waals surface area contributed by atoms with E-state index in [9.17, 15) is 22.8 Å². The van der Waals surface area contributed by atoms with Gasteiger partial charge in [-0.15, -0.1) is 0 Å². The van der Waals surface area contributed by atoms with Crippen LogP contribution < -0.4 is 9.80 Å². The number of hydrogen-bond donors (Lipinski definition) is 0. The van der Waals surface area contributed by atoms with E-state index < -0.39 is 23.4 Å². The van der Waals surface area contributed by atoms with Crippen LogP contribution in [-0.2, 0) is 20.9 Å². The fourth-order valence-electron chi connectivity index (χ4n) is 4.91. The highest BCUT2D eigenvalue weighted by atomic mass is 35.5. The van der Waals surface area contributed by atoms with Crippen molar-refractivity contribution in [1.82, 2.24) is 0 Å². The minimum absolute atomic E-state index is 0.111. The van der Waals surface area contributed by atoms with Crippen molar-refractivity contribution < 1.29 is 32.2 Å². The van der Waals surface area contributed by atoms with Gasteiger partial charge in [0.15, 0.2) is 0 Å². The Balaban J connectivity index is 1.49. The zero-order valence-electron chi connectivity index (χ0n) is 20.4. The molecule has 0 atom stereocenters. The van der Waals surface area contributed by atoms with Crippen molar-refractivity contribution in [3.8, 4) is 0 Å². The van der Waals surface area contributed by atoms with E-state index in [0.29, 0.717) is 42.8 Å². The van der Waals surface area contributed by atoms with Crippen LogP contribution in [0.5, 0.6) is 0 Å². The average molecular weight is 539 g/mol. The van der Waals surface area contributed by atoms with Gasteiger partial charge in [0, 0.05) is 44.6 Å². The Morgan fingerprint density at radius 2 is 1.70 bits per heavy atom. The minimum atomic E-state index is -5.10. The van der Waals surface area contributed by atoms with Gasteiger partial charge in [-0.2, -0.15) is 13.2 Å². The molecule has 0 saturated carbocycles. The maximum Gasteiger partial charge on any atom is 0.471 e. The summed E-state index contributed by atoms with van der Waals surface area (Å²) in [6.07, 6.45) is -2.93. The number of nitrogens with zero attached hydrogens (tertiary/aromatic N) is 2. The summed E-state index contributed by atoms with van der Waals surface area (Å²) in [5, 5.41) is -0.914. The van der Waals surface area contributed by atoms with Gasteiger partial charge >= 0.3 is 12.1 Å². The average Bonchev–Trinajstić information content (AvgIpc) is 2.90. The van der Waals surface area contributed by atoms with Crippen LogP contribution in [0, 0.1) is 5.92 Å². The zero-order chi connectivity index (χ0) is 26.4. The first-order valence-electron chi connectivity index (χ1n) is 12.4. The number of hydrogen-bond acceptors (Lipinski definition) is 5. The molecule has 0 aromatic heterocycles. The molecule has 0 aliphatic carbocycles. The van der Waals surface area contributed by atoms with E-state index in [0.717, 1.165) is 18.4 Å². The van der Waals surface area contributed by atoms with Gasteiger partial charge in [0.2, 0.25) is 0 Å². The number of ether oxygens (including phenoxy) is 2. The second kappa shape index (κ2) is 12.3. The molecule has 10 heteroatoms. The second-order valence-corrected chi connectivity index (χ2v) is 9.77. The number of benzene rings is 2. The topological polar surface area (TPSA) is 59.1 Å². The van der Waals surface area contributed by atoms with Gasteiger partial charge in [0.25, 0.3) is 5.24 Å². The number of anilines is 2. The van der Waals surface area contributed by atoms with Crippen LogP contribution in [0.1, 0.15) is 41.6 Å². The number of amides is 1. The maximum absolute atomic E-state index is 13.6. The van der Waals surface area contributed by atoms with Gasteiger partial charge in [-0.05, 0) is 67.0 Å². The highest BCUT2D eigenvalue weighted by Gasteiger charge is 2.46. The van der Waals surface area contributed by atoms with Crippen molar-refractivity contribution in [2.45, 2.75) is 44.5 Å². The Morgan fingerprint density at radius 1 is 1.03 bits per heavy atom. The van der Waals surface area contributed by atoms with Crippen molar-refractivity contribution in [2.24, 2.45) is 5.92 Å². The minimum Gasteiger partial charge on any atom is -0.381 e. The van der Waals surface area contributed by atoms with Crippen LogP contribution in [0.3, 0.4) is 0 Å². The quantitative estimate of drug-likeness (QED) is 0.411. The first-order valence-corrected chi connectivity index (χ1v) is 12.8. The van der Waals surface area contributed by atoms with Gasteiger partial charge in [-0.25, -0.2) is 0 Å².